The zero-order valence-electron chi connectivity index (χ0n) is 9.53. The number of rotatable bonds is 2. The standard InChI is InChI=1S/C14H19IO/c15-13-9-5-8-12(10-13)14(16)11-6-3-1-2-4-7-11/h5,8-11,14,16H,1-4,6-7H2. The van der Waals surface area contributed by atoms with Crippen LogP contribution in [0, 0.1) is 9.49 Å². The van der Waals surface area contributed by atoms with Gasteiger partial charge in [0, 0.05) is 3.57 Å². The highest BCUT2D eigenvalue weighted by molar-refractivity contribution is 14.1. The molecule has 1 nitrogen and oxygen atoms in total. The molecule has 1 aliphatic carbocycles. The molecule has 0 bridgehead atoms. The molecule has 1 aromatic rings. The molecule has 0 amide bonds. The first-order valence-electron chi connectivity index (χ1n) is 6.21. The van der Waals surface area contributed by atoms with Crippen molar-refractivity contribution < 1.29 is 5.11 Å². The van der Waals surface area contributed by atoms with Crippen molar-refractivity contribution in [2.24, 2.45) is 5.92 Å². The fourth-order valence-corrected chi connectivity index (χ4v) is 3.16. The second-order valence-corrected chi connectivity index (χ2v) is 6.00. The summed E-state index contributed by atoms with van der Waals surface area (Å²) in [7, 11) is 0. The monoisotopic (exact) mass is 330 g/mol. The highest BCUT2D eigenvalue weighted by Crippen LogP contribution is 2.33. The van der Waals surface area contributed by atoms with E-state index in [9.17, 15) is 5.11 Å². The van der Waals surface area contributed by atoms with Crippen LogP contribution in [0.3, 0.4) is 0 Å². The summed E-state index contributed by atoms with van der Waals surface area (Å²) in [5, 5.41) is 10.4. The lowest BCUT2D eigenvalue weighted by molar-refractivity contribution is 0.0987. The molecule has 88 valence electrons. The van der Waals surface area contributed by atoms with Gasteiger partial charge in [-0.05, 0) is 59.0 Å². The Labute approximate surface area is 111 Å². The van der Waals surface area contributed by atoms with Crippen LogP contribution in [0.1, 0.15) is 50.2 Å². The summed E-state index contributed by atoms with van der Waals surface area (Å²) in [6, 6.07) is 8.27. The molecule has 1 unspecified atom stereocenters. The summed E-state index contributed by atoms with van der Waals surface area (Å²) in [4.78, 5) is 0. The van der Waals surface area contributed by atoms with Crippen molar-refractivity contribution >= 4 is 22.6 Å². The van der Waals surface area contributed by atoms with Crippen molar-refractivity contribution in [1.82, 2.24) is 0 Å². The van der Waals surface area contributed by atoms with Crippen LogP contribution in [-0.2, 0) is 0 Å². The predicted molar refractivity (Wildman–Crippen MR) is 75.3 cm³/mol. The molecule has 1 atom stereocenters. The van der Waals surface area contributed by atoms with Gasteiger partial charge in [0.15, 0.2) is 0 Å². The Balaban J connectivity index is 2.07. The van der Waals surface area contributed by atoms with E-state index in [2.05, 4.69) is 40.8 Å². The topological polar surface area (TPSA) is 20.2 Å². The molecule has 1 fully saturated rings. The van der Waals surface area contributed by atoms with Gasteiger partial charge in [-0.15, -0.1) is 0 Å². The summed E-state index contributed by atoms with van der Waals surface area (Å²) in [6.45, 7) is 0. The van der Waals surface area contributed by atoms with Gasteiger partial charge in [-0.1, -0.05) is 37.8 Å². The first-order chi connectivity index (χ1) is 7.77. The Morgan fingerprint density at radius 1 is 1.12 bits per heavy atom. The van der Waals surface area contributed by atoms with Crippen molar-refractivity contribution in [3.8, 4) is 0 Å². The molecule has 0 saturated heterocycles. The van der Waals surface area contributed by atoms with Crippen molar-refractivity contribution in [3.05, 3.63) is 33.4 Å². The van der Waals surface area contributed by atoms with Gasteiger partial charge in [-0.25, -0.2) is 0 Å². The molecule has 0 radical (unpaired) electrons. The molecule has 1 aliphatic rings. The molecular formula is C14H19IO. The van der Waals surface area contributed by atoms with Gasteiger partial charge in [-0.3, -0.25) is 0 Å². The molecule has 16 heavy (non-hydrogen) atoms. The third-order valence-corrected chi connectivity index (χ3v) is 4.21. The maximum atomic E-state index is 10.4. The van der Waals surface area contributed by atoms with Crippen LogP contribution >= 0.6 is 22.6 Å². The molecule has 0 aromatic heterocycles. The average molecular weight is 330 g/mol. The van der Waals surface area contributed by atoms with Crippen LogP contribution in [0.5, 0.6) is 0 Å². The largest absolute Gasteiger partial charge is 0.388 e. The van der Waals surface area contributed by atoms with Crippen molar-refractivity contribution in [1.29, 1.82) is 0 Å². The summed E-state index contributed by atoms with van der Waals surface area (Å²) in [5.41, 5.74) is 1.10. The molecule has 0 spiro atoms. The molecule has 1 aromatic carbocycles. The van der Waals surface area contributed by atoms with Crippen molar-refractivity contribution in [2.45, 2.75) is 44.6 Å². The fourth-order valence-electron chi connectivity index (χ4n) is 2.59. The SMILES string of the molecule is OC(c1cccc(I)c1)C1CCCCCC1. The van der Waals surface area contributed by atoms with Crippen molar-refractivity contribution in [2.75, 3.05) is 0 Å². The second kappa shape index (κ2) is 6.01. The van der Waals surface area contributed by atoms with Gasteiger partial charge >= 0.3 is 0 Å². The van der Waals surface area contributed by atoms with Crippen LogP contribution in [0.25, 0.3) is 0 Å². The van der Waals surface area contributed by atoms with Gasteiger partial charge in [0.05, 0.1) is 6.10 Å². The minimum absolute atomic E-state index is 0.257. The quantitative estimate of drug-likeness (QED) is 0.633. The Kier molecular flexibility index (Phi) is 4.65. The highest BCUT2D eigenvalue weighted by atomic mass is 127. The lowest BCUT2D eigenvalue weighted by atomic mass is 9.89. The number of halogens is 1. The second-order valence-electron chi connectivity index (χ2n) is 4.75. The first kappa shape index (κ1) is 12.4. The van der Waals surface area contributed by atoms with E-state index in [1.807, 2.05) is 6.07 Å². The Morgan fingerprint density at radius 3 is 2.44 bits per heavy atom. The Hall–Kier alpha value is -0.0900. The molecular weight excluding hydrogens is 311 g/mol. The van der Waals surface area contributed by atoms with E-state index in [1.54, 1.807) is 0 Å². The number of hydrogen-bond donors (Lipinski definition) is 1. The van der Waals surface area contributed by atoms with Gasteiger partial charge in [0.2, 0.25) is 0 Å². The lowest BCUT2D eigenvalue weighted by Crippen LogP contribution is -2.12. The fraction of sp³-hybridized carbons (Fsp3) is 0.571. The molecule has 2 rings (SSSR count). The van der Waals surface area contributed by atoms with E-state index in [1.165, 1.54) is 42.1 Å². The Morgan fingerprint density at radius 2 is 1.81 bits per heavy atom. The van der Waals surface area contributed by atoms with Crippen LogP contribution in [0.15, 0.2) is 24.3 Å². The molecule has 0 aliphatic heterocycles. The van der Waals surface area contributed by atoms with Gasteiger partial charge in [-0.2, -0.15) is 0 Å². The zero-order chi connectivity index (χ0) is 11.4. The third-order valence-electron chi connectivity index (χ3n) is 3.54. The highest BCUT2D eigenvalue weighted by Gasteiger charge is 2.21. The number of aliphatic hydroxyl groups is 1. The smallest absolute Gasteiger partial charge is 0.0818 e. The van der Waals surface area contributed by atoms with E-state index in [0.717, 1.165) is 5.56 Å². The number of benzene rings is 1. The lowest BCUT2D eigenvalue weighted by Gasteiger charge is -2.21. The van der Waals surface area contributed by atoms with E-state index >= 15 is 0 Å². The minimum Gasteiger partial charge on any atom is -0.388 e. The summed E-state index contributed by atoms with van der Waals surface area (Å²) >= 11 is 2.31. The zero-order valence-corrected chi connectivity index (χ0v) is 11.7. The molecule has 2 heteroatoms. The molecule has 1 saturated carbocycles. The normalized spacial score (nSPS) is 20.4. The van der Waals surface area contributed by atoms with E-state index in [0.29, 0.717) is 5.92 Å². The van der Waals surface area contributed by atoms with Crippen LogP contribution in [-0.4, -0.2) is 5.11 Å². The van der Waals surface area contributed by atoms with Gasteiger partial charge in [0.25, 0.3) is 0 Å². The van der Waals surface area contributed by atoms with Crippen LogP contribution in [0.2, 0.25) is 0 Å². The predicted octanol–water partition coefficient (Wildman–Crippen LogP) is 4.30. The van der Waals surface area contributed by atoms with Crippen LogP contribution in [0.4, 0.5) is 0 Å². The van der Waals surface area contributed by atoms with E-state index < -0.39 is 0 Å². The minimum atomic E-state index is -0.257. The summed E-state index contributed by atoms with van der Waals surface area (Å²) in [5.74, 6) is 0.473. The molecule has 0 heterocycles. The van der Waals surface area contributed by atoms with E-state index in [-0.39, 0.29) is 6.10 Å². The van der Waals surface area contributed by atoms with Crippen LogP contribution < -0.4 is 0 Å². The van der Waals surface area contributed by atoms with E-state index in [4.69, 9.17) is 0 Å². The summed E-state index contributed by atoms with van der Waals surface area (Å²) < 4.78 is 1.21. The Bertz CT molecular complexity index is 329. The van der Waals surface area contributed by atoms with Gasteiger partial charge in [0.1, 0.15) is 0 Å². The number of aliphatic hydroxyl groups excluding tert-OH is 1. The average Bonchev–Trinajstić information content (AvgIpc) is 2.56. The van der Waals surface area contributed by atoms with Crippen molar-refractivity contribution in [3.63, 3.8) is 0 Å². The maximum absolute atomic E-state index is 10.4. The number of hydrogen-bond acceptors (Lipinski definition) is 1. The third kappa shape index (κ3) is 3.20. The first-order valence-corrected chi connectivity index (χ1v) is 7.29. The van der Waals surface area contributed by atoms with Gasteiger partial charge < -0.3 is 5.11 Å². The molecule has 1 N–H and O–H groups in total. The maximum Gasteiger partial charge on any atom is 0.0818 e. The summed E-state index contributed by atoms with van der Waals surface area (Å²) in [6.07, 6.45) is 7.37.